The SMILES string of the molecule is CCCc1ccc(NC(=O)c2cccnc2NCc2cc[n+]([O-])cc2)cc1C(F)(F)F. The molecule has 0 atom stereocenters. The maximum Gasteiger partial charge on any atom is 0.416 e. The Bertz CT molecular complexity index is 1050. The molecule has 0 aliphatic heterocycles. The zero-order chi connectivity index (χ0) is 22.4. The highest BCUT2D eigenvalue weighted by atomic mass is 19.4. The number of nitrogens with one attached hydrogen (secondary N) is 2. The number of amides is 1. The average molecular weight is 430 g/mol. The Kier molecular flexibility index (Phi) is 6.74. The minimum atomic E-state index is -4.51. The van der Waals surface area contributed by atoms with Crippen LogP contribution >= 0.6 is 0 Å². The lowest BCUT2D eigenvalue weighted by Crippen LogP contribution is -2.24. The highest BCUT2D eigenvalue weighted by Gasteiger charge is 2.33. The molecule has 6 nitrogen and oxygen atoms in total. The molecule has 0 aliphatic carbocycles. The van der Waals surface area contributed by atoms with Crippen LogP contribution in [0.3, 0.4) is 0 Å². The van der Waals surface area contributed by atoms with Gasteiger partial charge < -0.3 is 15.8 Å². The van der Waals surface area contributed by atoms with E-state index < -0.39 is 17.6 Å². The van der Waals surface area contributed by atoms with E-state index in [0.717, 1.165) is 11.6 Å². The molecule has 2 aromatic heterocycles. The summed E-state index contributed by atoms with van der Waals surface area (Å²) in [5, 5.41) is 16.7. The van der Waals surface area contributed by atoms with Crippen LogP contribution in [0.25, 0.3) is 0 Å². The molecule has 0 saturated heterocycles. The first kappa shape index (κ1) is 22.1. The van der Waals surface area contributed by atoms with E-state index in [1.54, 1.807) is 25.1 Å². The van der Waals surface area contributed by atoms with Gasteiger partial charge in [0, 0.05) is 30.6 Å². The second-order valence-corrected chi connectivity index (χ2v) is 6.89. The zero-order valence-electron chi connectivity index (χ0n) is 16.7. The molecule has 2 N–H and O–H groups in total. The second-order valence-electron chi connectivity index (χ2n) is 6.89. The fourth-order valence-electron chi connectivity index (χ4n) is 3.08. The molecule has 0 spiro atoms. The molecule has 1 amide bonds. The number of pyridine rings is 2. The number of halogens is 3. The third-order valence-electron chi connectivity index (χ3n) is 4.58. The van der Waals surface area contributed by atoms with Gasteiger partial charge in [-0.15, -0.1) is 0 Å². The average Bonchev–Trinajstić information content (AvgIpc) is 2.74. The Morgan fingerprint density at radius 3 is 2.58 bits per heavy atom. The second kappa shape index (κ2) is 9.46. The number of hydrogen-bond donors (Lipinski definition) is 2. The van der Waals surface area contributed by atoms with Crippen molar-refractivity contribution in [2.75, 3.05) is 10.6 Å². The smallest absolute Gasteiger partial charge is 0.416 e. The molecule has 0 fully saturated rings. The number of benzene rings is 1. The van der Waals surface area contributed by atoms with Crippen molar-refractivity contribution in [1.82, 2.24) is 4.98 Å². The number of rotatable bonds is 7. The Hall–Kier alpha value is -3.62. The van der Waals surface area contributed by atoms with E-state index in [-0.39, 0.29) is 22.6 Å². The minimum absolute atomic E-state index is 0.0510. The summed E-state index contributed by atoms with van der Waals surface area (Å²) >= 11 is 0. The molecule has 162 valence electrons. The van der Waals surface area contributed by atoms with Gasteiger partial charge >= 0.3 is 6.18 Å². The van der Waals surface area contributed by atoms with Crippen molar-refractivity contribution >= 4 is 17.4 Å². The normalized spacial score (nSPS) is 11.2. The molecule has 2 heterocycles. The van der Waals surface area contributed by atoms with Crippen molar-refractivity contribution < 1.29 is 22.7 Å². The van der Waals surface area contributed by atoms with Gasteiger partial charge in [-0.3, -0.25) is 4.79 Å². The Morgan fingerprint density at radius 2 is 1.90 bits per heavy atom. The largest absolute Gasteiger partial charge is 0.619 e. The zero-order valence-corrected chi connectivity index (χ0v) is 16.7. The lowest BCUT2D eigenvalue weighted by molar-refractivity contribution is -0.605. The molecule has 0 radical (unpaired) electrons. The molecular formula is C22H21F3N4O2. The molecule has 3 rings (SSSR count). The summed E-state index contributed by atoms with van der Waals surface area (Å²) in [5.41, 5.74) is 0.472. The number of aryl methyl sites for hydroxylation is 1. The van der Waals surface area contributed by atoms with E-state index in [1.165, 1.54) is 36.8 Å². The van der Waals surface area contributed by atoms with Gasteiger partial charge in [0.05, 0.1) is 11.1 Å². The number of hydrogen-bond acceptors (Lipinski definition) is 4. The number of nitrogens with zero attached hydrogens (tertiary/aromatic N) is 2. The van der Waals surface area contributed by atoms with E-state index in [9.17, 15) is 23.2 Å². The van der Waals surface area contributed by atoms with Crippen LogP contribution in [0.2, 0.25) is 0 Å². The van der Waals surface area contributed by atoms with Crippen molar-refractivity contribution in [3.8, 4) is 0 Å². The monoisotopic (exact) mass is 430 g/mol. The predicted octanol–water partition coefficient (Wildman–Crippen LogP) is 4.55. The Morgan fingerprint density at radius 1 is 1.16 bits per heavy atom. The van der Waals surface area contributed by atoms with Crippen LogP contribution in [0.4, 0.5) is 24.7 Å². The van der Waals surface area contributed by atoms with E-state index in [0.29, 0.717) is 24.1 Å². The summed E-state index contributed by atoms with van der Waals surface area (Å²) in [4.78, 5) is 16.9. The van der Waals surface area contributed by atoms with E-state index in [1.807, 2.05) is 0 Å². The third-order valence-corrected chi connectivity index (χ3v) is 4.58. The summed E-state index contributed by atoms with van der Waals surface area (Å²) in [7, 11) is 0. The number of aromatic nitrogens is 2. The third kappa shape index (κ3) is 5.71. The number of alkyl halides is 3. The molecule has 3 aromatic rings. The molecule has 9 heteroatoms. The van der Waals surface area contributed by atoms with Crippen molar-refractivity contribution in [2.45, 2.75) is 32.5 Å². The van der Waals surface area contributed by atoms with Crippen LogP contribution in [0.1, 0.15) is 40.4 Å². The highest BCUT2D eigenvalue weighted by molar-refractivity contribution is 6.07. The Balaban J connectivity index is 1.78. The van der Waals surface area contributed by atoms with Gasteiger partial charge in [0.25, 0.3) is 5.91 Å². The standard InChI is InChI=1S/C22H21F3N4O2/c1-2-4-16-6-7-17(13-19(16)22(23,24)25)28-21(30)18-5-3-10-26-20(18)27-14-15-8-11-29(31)12-9-15/h3,5-13H,2,4,14H2,1H3,(H,26,27)(H,28,30). The van der Waals surface area contributed by atoms with Gasteiger partial charge in [-0.2, -0.15) is 17.9 Å². The van der Waals surface area contributed by atoms with Crippen molar-refractivity contribution in [2.24, 2.45) is 0 Å². The number of anilines is 2. The predicted molar refractivity (Wildman–Crippen MR) is 110 cm³/mol. The van der Waals surface area contributed by atoms with Gasteiger partial charge in [0.2, 0.25) is 0 Å². The lowest BCUT2D eigenvalue weighted by Gasteiger charge is -2.15. The van der Waals surface area contributed by atoms with E-state index in [4.69, 9.17) is 0 Å². The molecule has 1 aromatic carbocycles. The van der Waals surface area contributed by atoms with Crippen molar-refractivity contribution in [3.63, 3.8) is 0 Å². The first-order chi connectivity index (χ1) is 14.8. The summed E-state index contributed by atoms with van der Waals surface area (Å²) in [6.45, 7) is 2.11. The van der Waals surface area contributed by atoms with Gasteiger partial charge in [-0.25, -0.2) is 4.98 Å². The van der Waals surface area contributed by atoms with Crippen molar-refractivity contribution in [1.29, 1.82) is 0 Å². The fourth-order valence-corrected chi connectivity index (χ4v) is 3.08. The summed E-state index contributed by atoms with van der Waals surface area (Å²) in [6.07, 6.45) is 0.565. The minimum Gasteiger partial charge on any atom is -0.619 e. The van der Waals surface area contributed by atoms with Crippen LogP contribution < -0.4 is 15.4 Å². The van der Waals surface area contributed by atoms with Crippen LogP contribution in [0, 0.1) is 5.21 Å². The molecular weight excluding hydrogens is 409 g/mol. The van der Waals surface area contributed by atoms with Gasteiger partial charge in [-0.1, -0.05) is 19.4 Å². The fraction of sp³-hybridized carbons (Fsp3) is 0.227. The van der Waals surface area contributed by atoms with Crippen LogP contribution in [-0.2, 0) is 19.1 Å². The van der Waals surface area contributed by atoms with Gasteiger partial charge in [0.15, 0.2) is 12.4 Å². The molecule has 0 bridgehead atoms. The summed E-state index contributed by atoms with van der Waals surface area (Å²) < 4.78 is 40.9. The lowest BCUT2D eigenvalue weighted by atomic mass is 10.0. The maximum atomic E-state index is 13.4. The molecule has 0 saturated carbocycles. The van der Waals surface area contributed by atoms with Gasteiger partial charge in [-0.05, 0) is 41.8 Å². The van der Waals surface area contributed by atoms with Crippen LogP contribution in [-0.4, -0.2) is 10.9 Å². The topological polar surface area (TPSA) is 81.0 Å². The summed E-state index contributed by atoms with van der Waals surface area (Å²) in [6, 6.07) is 10.1. The highest BCUT2D eigenvalue weighted by Crippen LogP contribution is 2.34. The van der Waals surface area contributed by atoms with E-state index >= 15 is 0 Å². The Labute approximate surface area is 177 Å². The molecule has 0 unspecified atom stereocenters. The van der Waals surface area contributed by atoms with E-state index in [2.05, 4.69) is 15.6 Å². The van der Waals surface area contributed by atoms with Crippen molar-refractivity contribution in [3.05, 3.63) is 88.5 Å². The first-order valence-electron chi connectivity index (χ1n) is 9.66. The van der Waals surface area contributed by atoms with Crippen LogP contribution in [0.5, 0.6) is 0 Å². The summed E-state index contributed by atoms with van der Waals surface area (Å²) in [5.74, 6) is -0.310. The quantitative estimate of drug-likeness (QED) is 0.426. The molecule has 0 aliphatic rings. The number of carbonyl (C=O) groups is 1. The number of carbonyl (C=O) groups excluding carboxylic acids is 1. The maximum absolute atomic E-state index is 13.4. The first-order valence-corrected chi connectivity index (χ1v) is 9.66. The van der Waals surface area contributed by atoms with Gasteiger partial charge in [0.1, 0.15) is 5.82 Å². The molecule has 31 heavy (non-hydrogen) atoms. The van der Waals surface area contributed by atoms with Crippen LogP contribution in [0.15, 0.2) is 61.1 Å².